The maximum Gasteiger partial charge on any atom is 0.326 e. The summed E-state index contributed by atoms with van der Waals surface area (Å²) in [6, 6.07) is 8.44. The molecule has 0 fully saturated rings. The van der Waals surface area contributed by atoms with Crippen molar-refractivity contribution in [2.24, 2.45) is 0 Å². The fourth-order valence-electron chi connectivity index (χ4n) is 4.38. The third kappa shape index (κ3) is 9.75. The van der Waals surface area contributed by atoms with Gasteiger partial charge in [-0.25, -0.2) is 4.79 Å². The summed E-state index contributed by atoms with van der Waals surface area (Å²) in [5.74, 6) is -4.17. The summed E-state index contributed by atoms with van der Waals surface area (Å²) in [6.07, 6.45) is -0.0722. The van der Waals surface area contributed by atoms with Crippen LogP contribution < -0.4 is 26.6 Å². The molecular formula is C29H31N5O7S2. The number of hydrogen-bond donors (Lipinski definition) is 6. The third-order valence-corrected chi connectivity index (χ3v) is 8.23. The Hall–Kier alpha value is -4.56. The lowest BCUT2D eigenvalue weighted by atomic mass is 10.0. The average molecular weight is 626 g/mol. The largest absolute Gasteiger partial charge is 0.480 e. The Kier molecular flexibility index (Phi) is 11.0. The summed E-state index contributed by atoms with van der Waals surface area (Å²) >= 11 is 2.81. The van der Waals surface area contributed by atoms with E-state index in [1.54, 1.807) is 30.3 Å². The van der Waals surface area contributed by atoms with Crippen LogP contribution in [0.15, 0.2) is 58.6 Å². The van der Waals surface area contributed by atoms with Crippen molar-refractivity contribution in [3.05, 3.63) is 74.6 Å². The number of amides is 5. The lowest BCUT2D eigenvalue weighted by Crippen LogP contribution is -2.55. The summed E-state index contributed by atoms with van der Waals surface area (Å²) < 4.78 is 0. The average Bonchev–Trinajstić information content (AvgIpc) is 3.69. The zero-order valence-corrected chi connectivity index (χ0v) is 24.6. The molecule has 12 nitrogen and oxygen atoms in total. The topological polar surface area (TPSA) is 183 Å². The monoisotopic (exact) mass is 625 g/mol. The standard InChI is InChI=1S/C29H31N5O7S2/c35-24-7-8-25(36)32-22(14-20-2-1-10-43-20)27(38)30-15-26(37)33-21(13-18-9-11-42-16-18)28(39)34-23(29(40)41)12-17-3-5-19(31-24)6-4-17/h1-6,9-11,16,21-23H,7-8,12-15H2,(H,30,38)(H,31,35)(H,32,36)(H,33,37)(H,34,39)(H,40,41)/t21-,22-,23+/m1/s1. The normalized spacial score (nSPS) is 21.0. The quantitative estimate of drug-likeness (QED) is 0.231. The van der Waals surface area contributed by atoms with Gasteiger partial charge in [0.05, 0.1) is 6.54 Å². The summed E-state index contributed by atoms with van der Waals surface area (Å²) in [5, 5.41) is 28.2. The Balaban J connectivity index is 1.57. The van der Waals surface area contributed by atoms with E-state index in [9.17, 15) is 33.9 Å². The van der Waals surface area contributed by atoms with E-state index in [0.29, 0.717) is 11.3 Å². The van der Waals surface area contributed by atoms with Crippen molar-refractivity contribution in [1.82, 2.24) is 21.3 Å². The smallest absolute Gasteiger partial charge is 0.326 e. The van der Waals surface area contributed by atoms with Gasteiger partial charge in [-0.2, -0.15) is 11.3 Å². The van der Waals surface area contributed by atoms with Gasteiger partial charge in [0.15, 0.2) is 0 Å². The molecule has 4 heterocycles. The number of carboxylic acid groups (broad SMARTS) is 1. The summed E-state index contributed by atoms with van der Waals surface area (Å²) in [7, 11) is 0. The Morgan fingerprint density at radius 2 is 1.53 bits per heavy atom. The van der Waals surface area contributed by atoms with Crippen LogP contribution in [0.5, 0.6) is 0 Å². The van der Waals surface area contributed by atoms with E-state index in [1.807, 2.05) is 28.3 Å². The minimum absolute atomic E-state index is 0.0454. The molecule has 0 saturated carbocycles. The van der Waals surface area contributed by atoms with Crippen LogP contribution in [0.3, 0.4) is 0 Å². The molecule has 43 heavy (non-hydrogen) atoms. The Labute approximate surface area is 255 Å². The van der Waals surface area contributed by atoms with Crippen LogP contribution in [0.25, 0.3) is 0 Å². The zero-order valence-electron chi connectivity index (χ0n) is 23.0. The van der Waals surface area contributed by atoms with Gasteiger partial charge < -0.3 is 31.7 Å². The number of carbonyl (C=O) groups excluding carboxylic acids is 5. The molecule has 0 spiro atoms. The summed E-state index contributed by atoms with van der Waals surface area (Å²) in [4.78, 5) is 77.3. The second-order valence-corrected chi connectivity index (χ2v) is 11.7. The van der Waals surface area contributed by atoms with E-state index >= 15 is 0 Å². The molecule has 3 aromatic rings. The van der Waals surface area contributed by atoms with Crippen LogP contribution in [0.2, 0.25) is 0 Å². The van der Waals surface area contributed by atoms with Crippen LogP contribution in [0.1, 0.15) is 28.8 Å². The van der Waals surface area contributed by atoms with Gasteiger partial charge in [-0.1, -0.05) is 18.2 Å². The molecule has 226 valence electrons. The second kappa shape index (κ2) is 15.1. The second-order valence-electron chi connectivity index (χ2n) is 9.93. The van der Waals surface area contributed by atoms with Crippen LogP contribution in [0, 0.1) is 0 Å². The van der Waals surface area contributed by atoms with E-state index in [-0.39, 0.29) is 32.1 Å². The first kappa shape index (κ1) is 31.4. The third-order valence-electron chi connectivity index (χ3n) is 6.60. The predicted molar refractivity (Wildman–Crippen MR) is 160 cm³/mol. The van der Waals surface area contributed by atoms with Crippen molar-refractivity contribution in [3.63, 3.8) is 0 Å². The van der Waals surface area contributed by atoms with Gasteiger partial charge in [-0.3, -0.25) is 24.0 Å². The molecule has 6 N–H and O–H groups in total. The molecule has 0 saturated heterocycles. The van der Waals surface area contributed by atoms with Crippen LogP contribution in [-0.2, 0) is 48.0 Å². The number of aliphatic carboxylic acids is 1. The van der Waals surface area contributed by atoms with Crippen molar-refractivity contribution in [2.45, 2.75) is 50.2 Å². The number of carboxylic acids is 1. The molecule has 2 aromatic heterocycles. The minimum atomic E-state index is -1.29. The summed E-state index contributed by atoms with van der Waals surface area (Å²) in [6.45, 7) is -0.486. The van der Waals surface area contributed by atoms with E-state index in [2.05, 4.69) is 26.6 Å². The van der Waals surface area contributed by atoms with Gasteiger partial charge in [0.1, 0.15) is 18.1 Å². The van der Waals surface area contributed by atoms with Crippen LogP contribution >= 0.6 is 22.7 Å². The first-order valence-corrected chi connectivity index (χ1v) is 15.3. The maximum atomic E-state index is 13.3. The van der Waals surface area contributed by atoms with Gasteiger partial charge in [0.25, 0.3) is 0 Å². The molecule has 2 aliphatic heterocycles. The fourth-order valence-corrected chi connectivity index (χ4v) is 5.81. The highest BCUT2D eigenvalue weighted by Crippen LogP contribution is 2.15. The minimum Gasteiger partial charge on any atom is -0.480 e. The number of fused-ring (bicyclic) bond motifs is 18. The molecule has 5 rings (SSSR count). The number of nitrogens with one attached hydrogen (secondary N) is 5. The fraction of sp³-hybridized carbons (Fsp3) is 0.310. The molecule has 0 radical (unpaired) electrons. The van der Waals surface area contributed by atoms with E-state index < -0.39 is 60.2 Å². The first-order valence-electron chi connectivity index (χ1n) is 13.5. The van der Waals surface area contributed by atoms with Gasteiger partial charge in [-0.15, -0.1) is 11.3 Å². The number of thiophene rings is 2. The van der Waals surface area contributed by atoms with Gasteiger partial charge >= 0.3 is 5.97 Å². The first-order chi connectivity index (χ1) is 20.7. The van der Waals surface area contributed by atoms with E-state index in [1.165, 1.54) is 22.7 Å². The molecule has 2 bridgehead atoms. The number of anilines is 1. The van der Waals surface area contributed by atoms with Gasteiger partial charge in [0, 0.05) is 42.7 Å². The summed E-state index contributed by atoms with van der Waals surface area (Å²) in [5.41, 5.74) is 1.81. The molecule has 5 amide bonds. The lowest BCUT2D eigenvalue weighted by Gasteiger charge is -2.22. The molecule has 14 heteroatoms. The molecule has 1 aromatic carbocycles. The zero-order chi connectivity index (χ0) is 30.8. The van der Waals surface area contributed by atoms with E-state index in [4.69, 9.17) is 0 Å². The highest BCUT2D eigenvalue weighted by atomic mass is 32.1. The van der Waals surface area contributed by atoms with Gasteiger partial charge in [-0.05, 0) is 51.5 Å². The van der Waals surface area contributed by atoms with E-state index in [0.717, 1.165) is 10.4 Å². The van der Waals surface area contributed by atoms with Crippen molar-refractivity contribution >= 4 is 63.9 Å². The van der Waals surface area contributed by atoms with Crippen molar-refractivity contribution in [1.29, 1.82) is 0 Å². The highest BCUT2D eigenvalue weighted by Gasteiger charge is 2.28. The van der Waals surface area contributed by atoms with Crippen molar-refractivity contribution in [3.8, 4) is 0 Å². The number of hydrogen-bond acceptors (Lipinski definition) is 8. The molecule has 2 aliphatic rings. The number of benzene rings is 1. The Morgan fingerprint density at radius 3 is 2.21 bits per heavy atom. The van der Waals surface area contributed by atoms with Crippen LogP contribution in [-0.4, -0.2) is 65.3 Å². The Bertz CT molecular complexity index is 1440. The SMILES string of the molecule is O=C1CCC(=O)N[C@H](Cc2cccs2)C(=O)NCC(=O)N[C@H](Cc2ccsc2)C(=O)N[C@H](C(=O)O)Cc2ccc(cc2)N1. The highest BCUT2D eigenvalue weighted by molar-refractivity contribution is 7.09. The molecule has 3 atom stereocenters. The predicted octanol–water partition coefficient (Wildman–Crippen LogP) is 1.23. The molecule has 0 unspecified atom stereocenters. The molecule has 0 aliphatic carbocycles. The number of carbonyl (C=O) groups is 6. The van der Waals surface area contributed by atoms with Crippen molar-refractivity contribution < 1.29 is 33.9 Å². The molecular weight excluding hydrogens is 594 g/mol. The number of rotatable bonds is 5. The van der Waals surface area contributed by atoms with Crippen molar-refractivity contribution in [2.75, 3.05) is 11.9 Å². The van der Waals surface area contributed by atoms with Crippen LogP contribution in [0.4, 0.5) is 5.69 Å². The maximum absolute atomic E-state index is 13.3. The van der Waals surface area contributed by atoms with Gasteiger partial charge in [0.2, 0.25) is 29.5 Å². The Morgan fingerprint density at radius 1 is 0.814 bits per heavy atom. The lowest BCUT2D eigenvalue weighted by molar-refractivity contribution is -0.142.